The Labute approximate surface area is 122 Å². The lowest BCUT2D eigenvalue weighted by atomic mass is 10.2. The molecule has 0 fully saturated rings. The Morgan fingerprint density at radius 1 is 1.37 bits per heavy atom. The SMILES string of the molecule is Cc1nn(C)c(COc2ccc(Cl)cc2CN)c1Cl. The summed E-state index contributed by atoms with van der Waals surface area (Å²) in [7, 11) is 1.84. The highest BCUT2D eigenvalue weighted by atomic mass is 35.5. The van der Waals surface area contributed by atoms with Crippen molar-refractivity contribution in [3.63, 3.8) is 0 Å². The number of nitrogens with two attached hydrogens (primary N) is 1. The largest absolute Gasteiger partial charge is 0.487 e. The summed E-state index contributed by atoms with van der Waals surface area (Å²) >= 11 is 12.1. The van der Waals surface area contributed by atoms with Gasteiger partial charge in [-0.15, -0.1) is 0 Å². The number of nitrogens with zero attached hydrogens (tertiary/aromatic N) is 2. The topological polar surface area (TPSA) is 53.1 Å². The van der Waals surface area contributed by atoms with Gasteiger partial charge < -0.3 is 10.5 Å². The summed E-state index contributed by atoms with van der Waals surface area (Å²) in [4.78, 5) is 0. The van der Waals surface area contributed by atoms with E-state index in [1.807, 2.05) is 20.0 Å². The molecule has 0 spiro atoms. The lowest BCUT2D eigenvalue weighted by molar-refractivity contribution is 0.292. The van der Waals surface area contributed by atoms with Crippen molar-refractivity contribution in [3.8, 4) is 5.75 Å². The molecule has 0 amide bonds. The number of hydrogen-bond donors (Lipinski definition) is 1. The number of benzene rings is 1. The van der Waals surface area contributed by atoms with Gasteiger partial charge in [-0.1, -0.05) is 23.2 Å². The molecule has 19 heavy (non-hydrogen) atoms. The van der Waals surface area contributed by atoms with Gasteiger partial charge in [0.25, 0.3) is 0 Å². The van der Waals surface area contributed by atoms with Crippen LogP contribution in [-0.2, 0) is 20.2 Å². The Balaban J connectivity index is 2.19. The van der Waals surface area contributed by atoms with Crippen LogP contribution in [0.15, 0.2) is 18.2 Å². The third-order valence-corrected chi connectivity index (χ3v) is 3.60. The molecule has 1 heterocycles. The molecule has 0 aliphatic heterocycles. The quantitative estimate of drug-likeness (QED) is 0.944. The standard InChI is InChI=1S/C13H15Cl2N3O/c1-8-13(15)11(18(2)17-8)7-19-12-4-3-10(14)5-9(12)6-16/h3-5H,6-7,16H2,1-2H3. The van der Waals surface area contributed by atoms with Crippen LogP contribution in [0.25, 0.3) is 0 Å². The highest BCUT2D eigenvalue weighted by Gasteiger charge is 2.12. The van der Waals surface area contributed by atoms with Gasteiger partial charge in [-0.05, 0) is 25.1 Å². The van der Waals surface area contributed by atoms with Gasteiger partial charge in [0.1, 0.15) is 12.4 Å². The Morgan fingerprint density at radius 2 is 2.11 bits per heavy atom. The average Bonchev–Trinajstić information content (AvgIpc) is 2.62. The van der Waals surface area contributed by atoms with Crippen molar-refractivity contribution >= 4 is 23.2 Å². The summed E-state index contributed by atoms with van der Waals surface area (Å²) in [5.41, 5.74) is 8.15. The van der Waals surface area contributed by atoms with Crippen LogP contribution in [0.1, 0.15) is 17.0 Å². The first-order valence-corrected chi connectivity index (χ1v) is 6.57. The number of aryl methyl sites for hydroxylation is 2. The molecule has 0 unspecified atom stereocenters. The van der Waals surface area contributed by atoms with E-state index >= 15 is 0 Å². The Hall–Kier alpha value is -1.23. The maximum atomic E-state index is 6.17. The molecule has 1 aromatic heterocycles. The average molecular weight is 300 g/mol. The molecule has 102 valence electrons. The van der Waals surface area contributed by atoms with Crippen molar-refractivity contribution in [2.75, 3.05) is 0 Å². The van der Waals surface area contributed by atoms with Crippen molar-refractivity contribution < 1.29 is 4.74 Å². The Kier molecular flexibility index (Phi) is 4.34. The highest BCUT2D eigenvalue weighted by molar-refractivity contribution is 6.31. The van der Waals surface area contributed by atoms with E-state index in [1.54, 1.807) is 16.8 Å². The number of rotatable bonds is 4. The van der Waals surface area contributed by atoms with E-state index in [9.17, 15) is 0 Å². The van der Waals surface area contributed by atoms with Gasteiger partial charge in [0.05, 0.1) is 16.4 Å². The van der Waals surface area contributed by atoms with E-state index < -0.39 is 0 Å². The van der Waals surface area contributed by atoms with Gasteiger partial charge in [0.15, 0.2) is 0 Å². The van der Waals surface area contributed by atoms with E-state index in [0.717, 1.165) is 17.0 Å². The van der Waals surface area contributed by atoms with E-state index in [2.05, 4.69) is 5.10 Å². The van der Waals surface area contributed by atoms with Crippen LogP contribution in [0.4, 0.5) is 0 Å². The number of halogens is 2. The first-order valence-electron chi connectivity index (χ1n) is 5.82. The van der Waals surface area contributed by atoms with Crippen molar-refractivity contribution in [1.29, 1.82) is 0 Å². The molecule has 0 aliphatic rings. The second-order valence-corrected chi connectivity index (χ2v) is 5.03. The minimum Gasteiger partial charge on any atom is -0.487 e. The summed E-state index contributed by atoms with van der Waals surface area (Å²) in [6.45, 7) is 2.57. The molecular weight excluding hydrogens is 285 g/mol. The highest BCUT2D eigenvalue weighted by Crippen LogP contribution is 2.25. The van der Waals surface area contributed by atoms with E-state index in [-0.39, 0.29) is 0 Å². The predicted octanol–water partition coefficient (Wildman–Crippen LogP) is 3.07. The van der Waals surface area contributed by atoms with Gasteiger partial charge in [-0.2, -0.15) is 5.10 Å². The summed E-state index contributed by atoms with van der Waals surface area (Å²) < 4.78 is 7.48. The molecule has 0 bridgehead atoms. The second-order valence-electron chi connectivity index (χ2n) is 4.21. The molecule has 2 aromatic rings. The molecule has 2 rings (SSSR count). The molecule has 0 aliphatic carbocycles. The van der Waals surface area contributed by atoms with E-state index in [4.69, 9.17) is 33.7 Å². The molecule has 2 N–H and O–H groups in total. The van der Waals surface area contributed by atoms with Crippen LogP contribution in [-0.4, -0.2) is 9.78 Å². The van der Waals surface area contributed by atoms with Gasteiger partial charge in [-0.3, -0.25) is 4.68 Å². The van der Waals surface area contributed by atoms with Gasteiger partial charge in [-0.25, -0.2) is 0 Å². The number of hydrogen-bond acceptors (Lipinski definition) is 3. The van der Waals surface area contributed by atoms with E-state index in [0.29, 0.717) is 28.9 Å². The lowest BCUT2D eigenvalue weighted by Gasteiger charge is -2.11. The zero-order chi connectivity index (χ0) is 14.0. The number of aromatic nitrogens is 2. The molecule has 0 radical (unpaired) electrons. The van der Waals surface area contributed by atoms with Crippen LogP contribution in [0.3, 0.4) is 0 Å². The fourth-order valence-electron chi connectivity index (χ4n) is 1.83. The smallest absolute Gasteiger partial charge is 0.131 e. The molecule has 0 atom stereocenters. The van der Waals surface area contributed by atoms with Crippen LogP contribution in [0.5, 0.6) is 5.75 Å². The first kappa shape index (κ1) is 14.2. The van der Waals surface area contributed by atoms with Crippen LogP contribution >= 0.6 is 23.2 Å². The first-order chi connectivity index (χ1) is 9.02. The van der Waals surface area contributed by atoms with Crippen molar-refractivity contribution in [3.05, 3.63) is 45.2 Å². The predicted molar refractivity (Wildman–Crippen MR) is 76.6 cm³/mol. The third-order valence-electron chi connectivity index (χ3n) is 2.87. The summed E-state index contributed by atoms with van der Waals surface area (Å²) in [5, 5.41) is 5.51. The van der Waals surface area contributed by atoms with Crippen molar-refractivity contribution in [1.82, 2.24) is 9.78 Å². The van der Waals surface area contributed by atoms with E-state index in [1.165, 1.54) is 0 Å². The molecule has 1 aromatic carbocycles. The molecular formula is C13H15Cl2N3O. The third kappa shape index (κ3) is 3.03. The molecule has 0 saturated heterocycles. The molecule has 4 nitrogen and oxygen atoms in total. The van der Waals surface area contributed by atoms with Gasteiger partial charge >= 0.3 is 0 Å². The summed E-state index contributed by atoms with van der Waals surface area (Å²) in [6.07, 6.45) is 0. The maximum Gasteiger partial charge on any atom is 0.131 e. The Morgan fingerprint density at radius 3 is 2.68 bits per heavy atom. The van der Waals surface area contributed by atoms with Gasteiger partial charge in [0, 0.05) is 24.2 Å². The van der Waals surface area contributed by atoms with Crippen LogP contribution in [0, 0.1) is 6.92 Å². The van der Waals surface area contributed by atoms with Gasteiger partial charge in [0.2, 0.25) is 0 Å². The monoisotopic (exact) mass is 299 g/mol. The maximum absolute atomic E-state index is 6.17. The van der Waals surface area contributed by atoms with Crippen LogP contribution < -0.4 is 10.5 Å². The fraction of sp³-hybridized carbons (Fsp3) is 0.308. The van der Waals surface area contributed by atoms with Crippen molar-refractivity contribution in [2.45, 2.75) is 20.1 Å². The van der Waals surface area contributed by atoms with Crippen molar-refractivity contribution in [2.24, 2.45) is 12.8 Å². The summed E-state index contributed by atoms with van der Waals surface area (Å²) in [5.74, 6) is 0.710. The molecule has 0 saturated carbocycles. The second kappa shape index (κ2) is 5.82. The zero-order valence-corrected chi connectivity index (χ0v) is 12.3. The zero-order valence-electron chi connectivity index (χ0n) is 10.8. The fourth-order valence-corrected chi connectivity index (χ4v) is 2.24. The normalized spacial score (nSPS) is 10.8. The summed E-state index contributed by atoms with van der Waals surface area (Å²) in [6, 6.07) is 5.38. The Bertz CT molecular complexity index is 596. The minimum atomic E-state index is 0.338. The minimum absolute atomic E-state index is 0.338. The lowest BCUT2D eigenvalue weighted by Crippen LogP contribution is -2.06. The van der Waals surface area contributed by atoms with Crippen LogP contribution in [0.2, 0.25) is 10.0 Å². The molecule has 6 heteroatoms. The number of ether oxygens (including phenoxy) is 1.